The second kappa shape index (κ2) is 7.02. The van der Waals surface area contributed by atoms with Gasteiger partial charge in [-0.2, -0.15) is 5.26 Å². The number of hydrogen-bond donors (Lipinski definition) is 0. The third-order valence-corrected chi connectivity index (χ3v) is 4.31. The van der Waals surface area contributed by atoms with Gasteiger partial charge in [-0.1, -0.05) is 19.1 Å². The molecule has 0 aliphatic heterocycles. The molecular weight excluding hydrogens is 250 g/mol. The van der Waals surface area contributed by atoms with Gasteiger partial charge in [0, 0.05) is 5.75 Å². The van der Waals surface area contributed by atoms with Crippen molar-refractivity contribution in [3.05, 3.63) is 29.8 Å². The number of ether oxygens (including phenoxy) is 1. The van der Waals surface area contributed by atoms with Gasteiger partial charge in [0.25, 0.3) is 0 Å². The normalized spacial score (nSPS) is 10.9. The lowest BCUT2D eigenvalue weighted by Crippen LogP contribution is -2.11. The quantitative estimate of drug-likeness (QED) is 0.708. The zero-order valence-electron chi connectivity index (χ0n) is 10.4. The molecule has 0 amide bonds. The Morgan fingerprint density at radius 2 is 1.94 bits per heavy atom. The fourth-order valence-corrected chi connectivity index (χ4v) is 2.25. The number of nitrogens with zero attached hydrogens (tertiary/aromatic N) is 1. The van der Waals surface area contributed by atoms with Crippen LogP contribution in [0.5, 0.6) is 5.75 Å². The molecule has 1 aromatic carbocycles. The molecule has 1 aromatic rings. The van der Waals surface area contributed by atoms with E-state index in [2.05, 4.69) is 6.07 Å². The Kier molecular flexibility index (Phi) is 5.66. The van der Waals surface area contributed by atoms with Crippen LogP contribution in [0, 0.1) is 11.3 Å². The third kappa shape index (κ3) is 5.19. The number of benzene rings is 1. The van der Waals surface area contributed by atoms with Crippen LogP contribution in [0.2, 0.25) is 0 Å². The molecule has 0 aliphatic rings. The highest BCUT2D eigenvalue weighted by molar-refractivity contribution is 7.91. The van der Waals surface area contributed by atoms with Crippen molar-refractivity contribution in [1.29, 1.82) is 5.26 Å². The molecule has 4 nitrogen and oxygen atoms in total. The lowest BCUT2D eigenvalue weighted by molar-refractivity contribution is 0.317. The van der Waals surface area contributed by atoms with Gasteiger partial charge in [-0.05, 0) is 24.1 Å². The molecule has 0 heterocycles. The van der Waals surface area contributed by atoms with Crippen LogP contribution in [0.25, 0.3) is 0 Å². The molecule has 0 saturated carbocycles. The number of rotatable bonds is 7. The predicted octanol–water partition coefficient (Wildman–Crippen LogP) is 1.96. The summed E-state index contributed by atoms with van der Waals surface area (Å²) in [5.74, 6) is 1.04. The summed E-state index contributed by atoms with van der Waals surface area (Å²) < 4.78 is 27.9. The average molecular weight is 267 g/mol. The van der Waals surface area contributed by atoms with E-state index in [-0.39, 0.29) is 11.5 Å². The molecule has 1 rings (SSSR count). The Bertz CT molecular complexity index is 500. The van der Waals surface area contributed by atoms with Crippen molar-refractivity contribution in [1.82, 2.24) is 0 Å². The molecule has 0 atom stereocenters. The van der Waals surface area contributed by atoms with Gasteiger partial charge in [-0.15, -0.1) is 0 Å². The zero-order valence-corrected chi connectivity index (χ0v) is 11.2. The first-order chi connectivity index (χ1) is 8.57. The highest BCUT2D eigenvalue weighted by Gasteiger charge is 2.06. The molecule has 98 valence electrons. The van der Waals surface area contributed by atoms with Crippen molar-refractivity contribution >= 4 is 9.84 Å². The first-order valence-electron chi connectivity index (χ1n) is 5.86. The minimum atomic E-state index is -2.90. The lowest BCUT2D eigenvalue weighted by Gasteiger charge is -2.06. The topological polar surface area (TPSA) is 67.2 Å². The SMILES string of the molecule is CCS(=O)(=O)CCCOc1ccc(CC#N)cc1. The van der Waals surface area contributed by atoms with Gasteiger partial charge < -0.3 is 4.74 Å². The van der Waals surface area contributed by atoms with E-state index in [1.165, 1.54) is 0 Å². The summed E-state index contributed by atoms with van der Waals surface area (Å²) in [6.07, 6.45) is 0.880. The average Bonchev–Trinajstić information content (AvgIpc) is 2.37. The van der Waals surface area contributed by atoms with Crippen molar-refractivity contribution in [3.8, 4) is 11.8 Å². The van der Waals surface area contributed by atoms with Crippen LogP contribution in [0.4, 0.5) is 0 Å². The summed E-state index contributed by atoms with van der Waals surface area (Å²) in [7, 11) is -2.90. The zero-order chi connectivity index (χ0) is 13.4. The molecule has 0 fully saturated rings. The Hall–Kier alpha value is -1.54. The van der Waals surface area contributed by atoms with Crippen LogP contribution >= 0.6 is 0 Å². The summed E-state index contributed by atoms with van der Waals surface area (Å²) in [6, 6.07) is 9.33. The van der Waals surface area contributed by atoms with E-state index in [4.69, 9.17) is 10.00 Å². The molecular formula is C13H17NO3S. The minimum absolute atomic E-state index is 0.163. The Labute approximate surface area is 108 Å². The van der Waals surface area contributed by atoms with Gasteiger partial charge in [0.2, 0.25) is 0 Å². The summed E-state index contributed by atoms with van der Waals surface area (Å²) in [4.78, 5) is 0. The Morgan fingerprint density at radius 3 is 2.50 bits per heavy atom. The van der Waals surface area contributed by atoms with Gasteiger partial charge in [0.05, 0.1) is 24.8 Å². The van der Waals surface area contributed by atoms with Crippen molar-refractivity contribution in [2.75, 3.05) is 18.1 Å². The molecule has 5 heteroatoms. The van der Waals surface area contributed by atoms with Crippen LogP contribution < -0.4 is 4.74 Å². The number of hydrogen-bond acceptors (Lipinski definition) is 4. The Morgan fingerprint density at radius 1 is 1.28 bits per heavy atom. The van der Waals surface area contributed by atoms with Crippen molar-refractivity contribution in [2.24, 2.45) is 0 Å². The standard InChI is InChI=1S/C13H17NO3S/c1-2-18(15,16)11-3-10-17-13-6-4-12(5-7-13)8-9-14/h4-7H,2-3,8,10-11H2,1H3. The number of sulfone groups is 1. The predicted molar refractivity (Wildman–Crippen MR) is 70.2 cm³/mol. The first kappa shape index (κ1) is 14.5. The van der Waals surface area contributed by atoms with Crippen molar-refractivity contribution in [2.45, 2.75) is 19.8 Å². The largest absolute Gasteiger partial charge is 0.494 e. The van der Waals surface area contributed by atoms with Gasteiger partial charge in [-0.25, -0.2) is 8.42 Å². The second-order valence-electron chi connectivity index (χ2n) is 3.92. The highest BCUT2D eigenvalue weighted by Crippen LogP contribution is 2.12. The first-order valence-corrected chi connectivity index (χ1v) is 7.68. The maximum Gasteiger partial charge on any atom is 0.150 e. The van der Waals surface area contributed by atoms with Gasteiger partial charge in [-0.3, -0.25) is 0 Å². The number of nitriles is 1. The van der Waals surface area contributed by atoms with E-state index in [1.54, 1.807) is 19.1 Å². The van der Waals surface area contributed by atoms with Crippen LogP contribution in [0.15, 0.2) is 24.3 Å². The summed E-state index contributed by atoms with van der Waals surface area (Å²) in [5, 5.41) is 8.52. The summed E-state index contributed by atoms with van der Waals surface area (Å²) in [6.45, 7) is 2.03. The lowest BCUT2D eigenvalue weighted by atomic mass is 10.2. The monoisotopic (exact) mass is 267 g/mol. The van der Waals surface area contributed by atoms with Crippen LogP contribution in [0.3, 0.4) is 0 Å². The maximum atomic E-state index is 11.2. The smallest absolute Gasteiger partial charge is 0.150 e. The van der Waals surface area contributed by atoms with E-state index in [9.17, 15) is 8.42 Å². The van der Waals surface area contributed by atoms with E-state index >= 15 is 0 Å². The molecule has 0 unspecified atom stereocenters. The fourth-order valence-electron chi connectivity index (χ4n) is 1.41. The highest BCUT2D eigenvalue weighted by atomic mass is 32.2. The minimum Gasteiger partial charge on any atom is -0.494 e. The summed E-state index contributed by atoms with van der Waals surface area (Å²) in [5.41, 5.74) is 0.943. The molecule has 0 radical (unpaired) electrons. The van der Waals surface area contributed by atoms with Gasteiger partial charge >= 0.3 is 0 Å². The molecule has 0 saturated heterocycles. The second-order valence-corrected chi connectivity index (χ2v) is 6.39. The van der Waals surface area contributed by atoms with E-state index in [1.807, 2.05) is 12.1 Å². The summed E-state index contributed by atoms with van der Waals surface area (Å²) >= 11 is 0. The Balaban J connectivity index is 2.34. The molecule has 0 bridgehead atoms. The fraction of sp³-hybridized carbons (Fsp3) is 0.462. The molecule has 0 aliphatic carbocycles. The molecule has 18 heavy (non-hydrogen) atoms. The van der Waals surface area contributed by atoms with E-state index in [0.29, 0.717) is 25.2 Å². The third-order valence-electron chi connectivity index (χ3n) is 2.51. The molecule has 0 spiro atoms. The van der Waals surface area contributed by atoms with Crippen LogP contribution in [-0.4, -0.2) is 26.5 Å². The van der Waals surface area contributed by atoms with E-state index < -0.39 is 9.84 Å². The van der Waals surface area contributed by atoms with Crippen LogP contribution in [-0.2, 0) is 16.3 Å². The van der Waals surface area contributed by atoms with Crippen molar-refractivity contribution in [3.63, 3.8) is 0 Å². The molecule has 0 N–H and O–H groups in total. The van der Waals surface area contributed by atoms with Gasteiger partial charge in [0.15, 0.2) is 0 Å². The van der Waals surface area contributed by atoms with Gasteiger partial charge in [0.1, 0.15) is 15.6 Å². The van der Waals surface area contributed by atoms with Crippen molar-refractivity contribution < 1.29 is 13.2 Å². The molecule has 0 aromatic heterocycles. The maximum absolute atomic E-state index is 11.2. The van der Waals surface area contributed by atoms with E-state index in [0.717, 1.165) is 5.56 Å². The van der Waals surface area contributed by atoms with Crippen LogP contribution in [0.1, 0.15) is 18.9 Å².